The highest BCUT2D eigenvalue weighted by atomic mass is 16.6. The fourth-order valence-electron chi connectivity index (χ4n) is 2.07. The molecule has 1 heterocycles. The molecule has 2 rings (SSSR count). The van der Waals surface area contributed by atoms with Crippen molar-refractivity contribution in [3.63, 3.8) is 0 Å². The van der Waals surface area contributed by atoms with Crippen molar-refractivity contribution in [2.24, 2.45) is 0 Å². The van der Waals surface area contributed by atoms with E-state index >= 15 is 0 Å². The van der Waals surface area contributed by atoms with Gasteiger partial charge in [-0.3, -0.25) is 10.1 Å². The number of nitro benzene ring substituents is 1. The maximum atomic E-state index is 10.5. The molecular weight excluding hydrogens is 236 g/mol. The van der Waals surface area contributed by atoms with Gasteiger partial charge in [-0.25, -0.2) is 0 Å². The summed E-state index contributed by atoms with van der Waals surface area (Å²) in [6, 6.07) is 6.08. The van der Waals surface area contributed by atoms with Gasteiger partial charge in [0.1, 0.15) is 25.7 Å². The first-order valence-electron chi connectivity index (χ1n) is 6.00. The first kappa shape index (κ1) is 12.9. The van der Waals surface area contributed by atoms with Crippen molar-refractivity contribution in [2.45, 2.75) is 6.10 Å². The number of benzene rings is 1. The second kappa shape index (κ2) is 5.90. The quantitative estimate of drug-likeness (QED) is 0.562. The molecule has 6 heteroatoms. The number of quaternary nitrogens is 1. The van der Waals surface area contributed by atoms with Crippen LogP contribution >= 0.6 is 0 Å². The first-order chi connectivity index (χ1) is 8.66. The Kier molecular flexibility index (Phi) is 4.24. The molecule has 0 aliphatic carbocycles. The number of aliphatic hydroxyl groups is 1. The predicted octanol–water partition coefficient (Wildman–Crippen LogP) is -0.457. The molecule has 0 amide bonds. The number of rotatable bonds is 4. The molecule has 1 saturated heterocycles. The van der Waals surface area contributed by atoms with Gasteiger partial charge in [0.15, 0.2) is 0 Å². The zero-order chi connectivity index (χ0) is 13.0. The lowest BCUT2D eigenvalue weighted by molar-refractivity contribution is -0.911. The van der Waals surface area contributed by atoms with Crippen LogP contribution < -0.4 is 4.90 Å². The lowest BCUT2D eigenvalue weighted by Gasteiger charge is -2.25. The van der Waals surface area contributed by atoms with Gasteiger partial charge in [-0.2, -0.15) is 0 Å². The Morgan fingerprint density at radius 2 is 1.94 bits per heavy atom. The molecule has 0 aromatic heterocycles. The SMILES string of the molecule is O=[N+]([O-])c1ccc([C@H](O)C[NH+]2CCOCC2)cc1. The number of hydrogen-bond donors (Lipinski definition) is 2. The van der Waals surface area contributed by atoms with Gasteiger partial charge in [0.25, 0.3) is 5.69 Å². The van der Waals surface area contributed by atoms with Gasteiger partial charge < -0.3 is 14.7 Å². The standard InChI is InChI=1S/C12H16N2O4/c15-12(9-13-5-7-18-8-6-13)10-1-3-11(4-2-10)14(16)17/h1-4,12,15H,5-9H2/p+1/t12-/m1/s1. The third-order valence-corrected chi connectivity index (χ3v) is 3.17. The Morgan fingerprint density at radius 3 is 2.50 bits per heavy atom. The van der Waals surface area contributed by atoms with E-state index < -0.39 is 11.0 Å². The van der Waals surface area contributed by atoms with Crippen molar-refractivity contribution in [3.05, 3.63) is 39.9 Å². The molecule has 6 nitrogen and oxygen atoms in total. The van der Waals surface area contributed by atoms with Gasteiger partial charge >= 0.3 is 0 Å². The molecule has 1 aliphatic rings. The topological polar surface area (TPSA) is 77.0 Å². The lowest BCUT2D eigenvalue weighted by Crippen LogP contribution is -3.14. The van der Waals surface area contributed by atoms with Crippen LogP contribution in [0.25, 0.3) is 0 Å². The summed E-state index contributed by atoms with van der Waals surface area (Å²) >= 11 is 0. The number of non-ortho nitro benzene ring substituents is 1. The molecule has 1 aromatic rings. The van der Waals surface area contributed by atoms with Crippen molar-refractivity contribution < 1.29 is 19.7 Å². The fourth-order valence-corrected chi connectivity index (χ4v) is 2.07. The number of aliphatic hydroxyl groups excluding tert-OH is 1. The molecule has 2 N–H and O–H groups in total. The van der Waals surface area contributed by atoms with Crippen molar-refractivity contribution in [2.75, 3.05) is 32.8 Å². The Morgan fingerprint density at radius 1 is 1.33 bits per heavy atom. The van der Waals surface area contributed by atoms with E-state index in [0.717, 1.165) is 31.9 Å². The molecule has 0 spiro atoms. The number of nitrogens with one attached hydrogen (secondary N) is 1. The molecule has 1 atom stereocenters. The van der Waals surface area contributed by atoms with Crippen LogP contribution in [0.5, 0.6) is 0 Å². The smallest absolute Gasteiger partial charge is 0.269 e. The molecule has 1 fully saturated rings. The van der Waals surface area contributed by atoms with E-state index in [2.05, 4.69) is 0 Å². The molecule has 0 bridgehead atoms. The van der Waals surface area contributed by atoms with E-state index in [1.807, 2.05) is 0 Å². The minimum Gasteiger partial charge on any atom is -0.382 e. The number of nitro groups is 1. The Labute approximate surface area is 105 Å². The summed E-state index contributed by atoms with van der Waals surface area (Å²) < 4.78 is 5.25. The van der Waals surface area contributed by atoms with Crippen molar-refractivity contribution in [1.82, 2.24) is 0 Å². The zero-order valence-corrected chi connectivity index (χ0v) is 10.0. The molecule has 1 aliphatic heterocycles. The molecule has 18 heavy (non-hydrogen) atoms. The van der Waals surface area contributed by atoms with Gasteiger partial charge in [-0.15, -0.1) is 0 Å². The van der Waals surface area contributed by atoms with Crippen LogP contribution in [0.1, 0.15) is 11.7 Å². The molecule has 0 unspecified atom stereocenters. The van der Waals surface area contributed by atoms with Crippen molar-refractivity contribution in [1.29, 1.82) is 0 Å². The first-order valence-corrected chi connectivity index (χ1v) is 6.00. The van der Waals surface area contributed by atoms with Crippen LogP contribution in [0.4, 0.5) is 5.69 Å². The van der Waals surface area contributed by atoms with Crippen molar-refractivity contribution in [3.8, 4) is 0 Å². The van der Waals surface area contributed by atoms with E-state index in [-0.39, 0.29) is 5.69 Å². The molecule has 0 saturated carbocycles. The van der Waals surface area contributed by atoms with Gasteiger partial charge in [-0.05, 0) is 17.7 Å². The number of morpholine rings is 1. The summed E-state index contributed by atoms with van der Waals surface area (Å²) in [4.78, 5) is 11.4. The maximum Gasteiger partial charge on any atom is 0.269 e. The molecule has 0 radical (unpaired) electrons. The second-order valence-corrected chi connectivity index (χ2v) is 4.43. The summed E-state index contributed by atoms with van der Waals surface area (Å²) in [5.74, 6) is 0. The highest BCUT2D eigenvalue weighted by Crippen LogP contribution is 2.16. The van der Waals surface area contributed by atoms with Crippen LogP contribution in [0.3, 0.4) is 0 Å². The largest absolute Gasteiger partial charge is 0.382 e. The Balaban J connectivity index is 1.95. The fraction of sp³-hybridized carbons (Fsp3) is 0.500. The lowest BCUT2D eigenvalue weighted by atomic mass is 10.1. The second-order valence-electron chi connectivity index (χ2n) is 4.43. The van der Waals surface area contributed by atoms with E-state index in [1.54, 1.807) is 12.1 Å². The maximum absolute atomic E-state index is 10.5. The predicted molar refractivity (Wildman–Crippen MR) is 64.4 cm³/mol. The zero-order valence-electron chi connectivity index (χ0n) is 10.0. The molecule has 1 aromatic carbocycles. The van der Waals surface area contributed by atoms with Crippen molar-refractivity contribution >= 4 is 5.69 Å². The highest BCUT2D eigenvalue weighted by molar-refractivity contribution is 5.33. The third kappa shape index (κ3) is 3.25. The monoisotopic (exact) mass is 253 g/mol. The van der Waals surface area contributed by atoms with Crippen LogP contribution in [0.15, 0.2) is 24.3 Å². The van der Waals surface area contributed by atoms with Gasteiger partial charge in [0.05, 0.1) is 18.1 Å². The Hall–Kier alpha value is -1.50. The third-order valence-electron chi connectivity index (χ3n) is 3.17. The average molecular weight is 253 g/mol. The summed E-state index contributed by atoms with van der Waals surface area (Å²) in [7, 11) is 0. The highest BCUT2D eigenvalue weighted by Gasteiger charge is 2.19. The molecule has 98 valence electrons. The summed E-state index contributed by atoms with van der Waals surface area (Å²) in [6.45, 7) is 3.85. The van der Waals surface area contributed by atoms with Gasteiger partial charge in [0.2, 0.25) is 0 Å². The number of nitrogens with zero attached hydrogens (tertiary/aromatic N) is 1. The van der Waals surface area contributed by atoms with E-state index in [0.29, 0.717) is 6.54 Å². The minimum absolute atomic E-state index is 0.0460. The van der Waals surface area contributed by atoms with Crippen LogP contribution in [-0.2, 0) is 4.74 Å². The normalized spacial score (nSPS) is 18.5. The number of hydrogen-bond acceptors (Lipinski definition) is 4. The van der Waals surface area contributed by atoms with E-state index in [4.69, 9.17) is 4.74 Å². The van der Waals surface area contributed by atoms with Crippen LogP contribution in [0, 0.1) is 10.1 Å². The van der Waals surface area contributed by atoms with E-state index in [1.165, 1.54) is 17.0 Å². The minimum atomic E-state index is -0.584. The summed E-state index contributed by atoms with van der Waals surface area (Å²) in [5.41, 5.74) is 0.768. The number of ether oxygens (including phenoxy) is 1. The molecular formula is C12H17N2O4+. The van der Waals surface area contributed by atoms with Gasteiger partial charge in [0, 0.05) is 12.1 Å². The average Bonchev–Trinajstić information content (AvgIpc) is 2.40. The van der Waals surface area contributed by atoms with Crippen LogP contribution in [0.2, 0.25) is 0 Å². The van der Waals surface area contributed by atoms with E-state index in [9.17, 15) is 15.2 Å². The summed E-state index contributed by atoms with van der Waals surface area (Å²) in [6.07, 6.45) is -0.584. The summed E-state index contributed by atoms with van der Waals surface area (Å²) in [5, 5.41) is 20.6. The van der Waals surface area contributed by atoms with Crippen LogP contribution in [-0.4, -0.2) is 42.9 Å². The van der Waals surface area contributed by atoms with Gasteiger partial charge in [-0.1, -0.05) is 0 Å². The Bertz CT molecular complexity index is 401.